The topological polar surface area (TPSA) is 39.2 Å². The summed E-state index contributed by atoms with van der Waals surface area (Å²) in [5.74, 6) is -0.360. The highest BCUT2D eigenvalue weighted by molar-refractivity contribution is 7.18. The van der Waals surface area contributed by atoms with Crippen molar-refractivity contribution < 1.29 is 9.53 Å². The monoisotopic (exact) mass is 309 g/mol. The van der Waals surface area contributed by atoms with Crippen LogP contribution in [0.2, 0.25) is 0 Å². The number of hydrogen-bond donors (Lipinski definition) is 0. The van der Waals surface area contributed by atoms with Gasteiger partial charge in [0.15, 0.2) is 0 Å². The molecule has 0 aliphatic rings. The summed E-state index contributed by atoms with van der Waals surface area (Å²) < 4.78 is 6.33. The third-order valence-electron chi connectivity index (χ3n) is 3.13. The van der Waals surface area contributed by atoms with Crippen molar-refractivity contribution in [3.63, 3.8) is 0 Å². The Morgan fingerprint density at radius 3 is 2.91 bits per heavy atom. The summed E-state index contributed by atoms with van der Waals surface area (Å²) in [5, 5.41) is 0.804. The molecule has 1 heterocycles. The van der Waals surface area contributed by atoms with Gasteiger partial charge < -0.3 is 4.74 Å². The zero-order chi connectivity index (χ0) is 15.4. The maximum absolute atomic E-state index is 11.8. The van der Waals surface area contributed by atoms with Crippen molar-refractivity contribution in [2.75, 3.05) is 0 Å². The number of rotatable bonds is 4. The molecule has 0 saturated carbocycles. The minimum absolute atomic E-state index is 0.205. The molecule has 3 nitrogen and oxygen atoms in total. The summed E-state index contributed by atoms with van der Waals surface area (Å²) in [5.41, 5.74) is 3.08. The lowest BCUT2D eigenvalue weighted by Gasteiger charge is -1.98. The molecule has 0 N–H and O–H groups in total. The van der Waals surface area contributed by atoms with Crippen molar-refractivity contribution in [2.24, 2.45) is 0 Å². The lowest BCUT2D eigenvalue weighted by Crippen LogP contribution is -2.00. The van der Waals surface area contributed by atoms with E-state index in [9.17, 15) is 4.79 Å². The van der Waals surface area contributed by atoms with E-state index in [1.807, 2.05) is 55.5 Å². The van der Waals surface area contributed by atoms with Crippen LogP contribution in [0.5, 0.6) is 0 Å². The standard InChI is InChI=1S/C18H15NO2S/c1-13-5-4-6-14(11-13)9-10-18(20)21-12-17-19-15-7-2-3-8-16(15)22-17/h2-11H,12H2,1H3/b10-9+. The number of aromatic nitrogens is 1. The van der Waals surface area contributed by atoms with E-state index >= 15 is 0 Å². The lowest BCUT2D eigenvalue weighted by atomic mass is 10.1. The zero-order valence-corrected chi connectivity index (χ0v) is 13.0. The van der Waals surface area contributed by atoms with Crippen LogP contribution in [0.4, 0.5) is 0 Å². The fourth-order valence-corrected chi connectivity index (χ4v) is 2.98. The molecule has 1 aromatic heterocycles. The molecule has 22 heavy (non-hydrogen) atoms. The van der Waals surface area contributed by atoms with Gasteiger partial charge in [0.05, 0.1) is 10.2 Å². The SMILES string of the molecule is Cc1cccc(/C=C/C(=O)OCc2nc3ccccc3s2)c1. The zero-order valence-electron chi connectivity index (χ0n) is 12.2. The number of esters is 1. The molecule has 0 aliphatic heterocycles. The van der Waals surface area contributed by atoms with E-state index in [1.165, 1.54) is 6.08 Å². The number of hydrogen-bond acceptors (Lipinski definition) is 4. The first-order chi connectivity index (χ1) is 10.7. The van der Waals surface area contributed by atoms with Gasteiger partial charge in [0, 0.05) is 6.08 Å². The number of fused-ring (bicyclic) bond motifs is 1. The normalized spacial score (nSPS) is 11.1. The van der Waals surface area contributed by atoms with E-state index in [4.69, 9.17) is 4.74 Å². The number of para-hydroxylation sites is 1. The second-order valence-electron chi connectivity index (χ2n) is 4.93. The highest BCUT2D eigenvalue weighted by atomic mass is 32.1. The first-order valence-electron chi connectivity index (χ1n) is 6.97. The summed E-state index contributed by atoms with van der Waals surface area (Å²) in [6.45, 7) is 2.22. The van der Waals surface area contributed by atoms with E-state index < -0.39 is 0 Å². The van der Waals surface area contributed by atoms with Crippen molar-refractivity contribution in [3.05, 3.63) is 70.7 Å². The van der Waals surface area contributed by atoms with Crippen LogP contribution in [-0.4, -0.2) is 11.0 Å². The second kappa shape index (κ2) is 6.54. The van der Waals surface area contributed by atoms with E-state index in [-0.39, 0.29) is 12.6 Å². The van der Waals surface area contributed by atoms with Crippen molar-refractivity contribution in [1.29, 1.82) is 0 Å². The maximum Gasteiger partial charge on any atom is 0.331 e. The maximum atomic E-state index is 11.8. The Morgan fingerprint density at radius 1 is 1.23 bits per heavy atom. The van der Waals surface area contributed by atoms with Gasteiger partial charge in [-0.05, 0) is 30.7 Å². The van der Waals surface area contributed by atoms with Crippen LogP contribution in [-0.2, 0) is 16.1 Å². The molecular weight excluding hydrogens is 294 g/mol. The van der Waals surface area contributed by atoms with Gasteiger partial charge in [-0.15, -0.1) is 11.3 Å². The van der Waals surface area contributed by atoms with Crippen LogP contribution in [0, 0.1) is 6.92 Å². The smallest absolute Gasteiger partial charge is 0.331 e. The molecule has 3 aromatic rings. The largest absolute Gasteiger partial charge is 0.455 e. The Labute approximate surface area is 132 Å². The average Bonchev–Trinajstić information content (AvgIpc) is 2.94. The van der Waals surface area contributed by atoms with Crippen molar-refractivity contribution in [1.82, 2.24) is 4.98 Å². The molecule has 0 unspecified atom stereocenters. The van der Waals surface area contributed by atoms with Crippen molar-refractivity contribution >= 4 is 33.6 Å². The molecule has 110 valence electrons. The van der Waals surface area contributed by atoms with Gasteiger partial charge in [-0.1, -0.05) is 42.0 Å². The molecule has 0 amide bonds. The summed E-state index contributed by atoms with van der Waals surface area (Å²) in [6.07, 6.45) is 3.20. The van der Waals surface area contributed by atoms with E-state index in [0.29, 0.717) is 0 Å². The third-order valence-corrected chi connectivity index (χ3v) is 4.14. The van der Waals surface area contributed by atoms with Gasteiger partial charge >= 0.3 is 5.97 Å². The number of thiazole rings is 1. The first kappa shape index (κ1) is 14.5. The molecule has 0 aliphatic carbocycles. The summed E-state index contributed by atoms with van der Waals surface area (Å²) in [6, 6.07) is 15.8. The van der Waals surface area contributed by atoms with Gasteiger partial charge in [0.1, 0.15) is 11.6 Å². The highest BCUT2D eigenvalue weighted by Gasteiger charge is 2.05. The molecular formula is C18H15NO2S. The van der Waals surface area contributed by atoms with Crippen LogP contribution >= 0.6 is 11.3 Å². The minimum atomic E-state index is -0.360. The van der Waals surface area contributed by atoms with Gasteiger partial charge in [-0.3, -0.25) is 0 Å². The lowest BCUT2D eigenvalue weighted by molar-refractivity contribution is -0.138. The Kier molecular flexibility index (Phi) is 4.30. The van der Waals surface area contributed by atoms with Crippen LogP contribution in [0.25, 0.3) is 16.3 Å². The molecule has 4 heteroatoms. The summed E-state index contributed by atoms with van der Waals surface area (Å²) >= 11 is 1.54. The Bertz CT molecular complexity index is 803. The molecule has 0 spiro atoms. The first-order valence-corrected chi connectivity index (χ1v) is 7.78. The van der Waals surface area contributed by atoms with E-state index in [1.54, 1.807) is 17.4 Å². The minimum Gasteiger partial charge on any atom is -0.455 e. The predicted molar refractivity (Wildman–Crippen MR) is 89.6 cm³/mol. The predicted octanol–water partition coefficient (Wildman–Crippen LogP) is 4.36. The molecule has 0 radical (unpaired) electrons. The Morgan fingerprint density at radius 2 is 2.09 bits per heavy atom. The quantitative estimate of drug-likeness (QED) is 0.531. The van der Waals surface area contributed by atoms with E-state index in [0.717, 1.165) is 26.4 Å². The molecule has 0 saturated heterocycles. The van der Waals surface area contributed by atoms with Crippen LogP contribution < -0.4 is 0 Å². The Balaban J connectivity index is 1.60. The van der Waals surface area contributed by atoms with Gasteiger partial charge in [-0.25, -0.2) is 9.78 Å². The number of carbonyl (C=O) groups is 1. The number of nitrogens with zero attached hydrogens (tertiary/aromatic N) is 1. The molecule has 0 bridgehead atoms. The van der Waals surface area contributed by atoms with Crippen LogP contribution in [0.15, 0.2) is 54.6 Å². The number of carbonyl (C=O) groups excluding carboxylic acids is 1. The number of ether oxygens (including phenoxy) is 1. The highest BCUT2D eigenvalue weighted by Crippen LogP contribution is 2.22. The Hall–Kier alpha value is -2.46. The fraction of sp³-hybridized carbons (Fsp3) is 0.111. The number of benzene rings is 2. The van der Waals surface area contributed by atoms with Crippen molar-refractivity contribution in [3.8, 4) is 0 Å². The number of aryl methyl sites for hydroxylation is 1. The molecule has 2 aromatic carbocycles. The summed E-state index contributed by atoms with van der Waals surface area (Å²) in [4.78, 5) is 16.2. The van der Waals surface area contributed by atoms with Gasteiger partial charge in [0.25, 0.3) is 0 Å². The third kappa shape index (κ3) is 3.59. The molecule has 3 rings (SSSR count). The fourth-order valence-electron chi connectivity index (χ4n) is 2.10. The molecule has 0 atom stereocenters. The van der Waals surface area contributed by atoms with Crippen molar-refractivity contribution in [2.45, 2.75) is 13.5 Å². The summed E-state index contributed by atoms with van der Waals surface area (Å²) in [7, 11) is 0. The van der Waals surface area contributed by atoms with Gasteiger partial charge in [-0.2, -0.15) is 0 Å². The van der Waals surface area contributed by atoms with Crippen LogP contribution in [0.1, 0.15) is 16.1 Å². The second-order valence-corrected chi connectivity index (χ2v) is 6.05. The van der Waals surface area contributed by atoms with Gasteiger partial charge in [0.2, 0.25) is 0 Å². The van der Waals surface area contributed by atoms with E-state index in [2.05, 4.69) is 4.98 Å². The molecule has 0 fully saturated rings. The average molecular weight is 309 g/mol. The van der Waals surface area contributed by atoms with Crippen LogP contribution in [0.3, 0.4) is 0 Å².